The van der Waals surface area contributed by atoms with E-state index in [4.69, 9.17) is 5.73 Å². The van der Waals surface area contributed by atoms with Crippen molar-refractivity contribution in [3.8, 4) is 0 Å². The van der Waals surface area contributed by atoms with Crippen molar-refractivity contribution in [3.63, 3.8) is 0 Å². The maximum Gasteiger partial charge on any atom is 0.237 e. The van der Waals surface area contributed by atoms with Crippen LogP contribution in [0.2, 0.25) is 0 Å². The molecular weight excluding hydrogens is 460 g/mol. The number of aliphatic hydroxyl groups excluding tert-OH is 1. The van der Waals surface area contributed by atoms with Crippen molar-refractivity contribution >= 4 is 21.8 Å². The highest BCUT2D eigenvalue weighted by atomic mass is 32.2. The number of rotatable bonds is 12. The molecule has 0 spiro atoms. The Morgan fingerprint density at radius 2 is 2.06 bits per heavy atom. The second-order valence-corrected chi connectivity index (χ2v) is 12.3. The fraction of sp³-hybridized carbons (Fsp3) is 0.864. The molecule has 12 heteroatoms. The van der Waals surface area contributed by atoms with Crippen molar-refractivity contribution in [2.24, 2.45) is 5.73 Å². The van der Waals surface area contributed by atoms with Gasteiger partial charge in [0.1, 0.15) is 11.4 Å². The van der Waals surface area contributed by atoms with Crippen LogP contribution in [0.15, 0.2) is 0 Å². The summed E-state index contributed by atoms with van der Waals surface area (Å²) in [5, 5.41) is 13.9. The van der Waals surface area contributed by atoms with Gasteiger partial charge < -0.3 is 15.7 Å². The fourth-order valence-electron chi connectivity index (χ4n) is 5.46. The van der Waals surface area contributed by atoms with Crippen LogP contribution in [0.1, 0.15) is 39.0 Å². The minimum absolute atomic E-state index is 0.0856. The maximum atomic E-state index is 12.2. The summed E-state index contributed by atoms with van der Waals surface area (Å²) in [5.74, 6) is -0.534. The molecular formula is C22H41N6O5S. The third-order valence-corrected chi connectivity index (χ3v) is 9.26. The first-order valence-electron chi connectivity index (χ1n) is 12.1. The zero-order valence-corrected chi connectivity index (χ0v) is 21.5. The Bertz CT molecular complexity index is 836. The Kier molecular flexibility index (Phi) is 8.96. The second-order valence-electron chi connectivity index (χ2n) is 10.1. The molecule has 1 unspecified atom stereocenters. The molecule has 3 heterocycles. The third-order valence-electron chi connectivity index (χ3n) is 7.61. The lowest BCUT2D eigenvalue weighted by atomic mass is 9.87. The van der Waals surface area contributed by atoms with Gasteiger partial charge in [-0.05, 0) is 45.1 Å². The van der Waals surface area contributed by atoms with E-state index in [0.717, 1.165) is 25.8 Å². The number of nitrogens with zero attached hydrogens (tertiary/aromatic N) is 4. The predicted octanol–water partition coefficient (Wildman–Crippen LogP) is -1.60. The molecule has 4 atom stereocenters. The molecule has 195 valence electrons. The Hall–Kier alpha value is -1.31. The molecule has 0 aromatic rings. The van der Waals surface area contributed by atoms with Crippen LogP contribution in [0, 0.1) is 6.42 Å². The number of nitrogens with two attached hydrogens (primary N) is 1. The molecule has 2 bridgehead atoms. The van der Waals surface area contributed by atoms with Crippen LogP contribution in [0.3, 0.4) is 0 Å². The molecule has 0 aromatic heterocycles. The Morgan fingerprint density at radius 1 is 1.32 bits per heavy atom. The van der Waals surface area contributed by atoms with Gasteiger partial charge in [-0.15, -0.1) is 0 Å². The first kappa shape index (κ1) is 27.3. The minimum atomic E-state index is -3.29. The summed E-state index contributed by atoms with van der Waals surface area (Å²) in [6.07, 6.45) is 5.30. The van der Waals surface area contributed by atoms with Crippen molar-refractivity contribution in [2.45, 2.75) is 62.8 Å². The number of aliphatic hydroxyl groups is 1. The highest BCUT2D eigenvalue weighted by molar-refractivity contribution is 7.89. The number of amides is 2. The van der Waals surface area contributed by atoms with Gasteiger partial charge in [0.2, 0.25) is 21.8 Å². The first-order chi connectivity index (χ1) is 15.9. The number of hydrogen-bond donors (Lipinski definition) is 3. The van der Waals surface area contributed by atoms with Gasteiger partial charge in [0.15, 0.2) is 0 Å². The van der Waals surface area contributed by atoms with Crippen LogP contribution in [0.25, 0.3) is 0 Å². The summed E-state index contributed by atoms with van der Waals surface area (Å²) < 4.78 is 25.1. The van der Waals surface area contributed by atoms with Crippen LogP contribution in [-0.4, -0.2) is 127 Å². The van der Waals surface area contributed by atoms with E-state index >= 15 is 0 Å². The Labute approximate surface area is 203 Å². The van der Waals surface area contributed by atoms with Gasteiger partial charge in [-0.25, -0.2) is 12.7 Å². The van der Waals surface area contributed by atoms with Gasteiger partial charge in [0.25, 0.3) is 0 Å². The molecule has 0 aliphatic carbocycles. The first-order valence-corrected chi connectivity index (χ1v) is 13.7. The number of likely N-dealkylation sites (tertiary alicyclic amines) is 1. The highest BCUT2D eigenvalue weighted by Gasteiger charge is 2.53. The summed E-state index contributed by atoms with van der Waals surface area (Å²) in [6.45, 7) is 4.68. The number of β-amino-alcohol motifs (C(OH)–C–C–N with tert-alkyl or cyclic N) is 1. The number of carbonyl (C=O) groups excluding carboxylic acids is 2. The normalized spacial score (nSPS) is 29.0. The molecule has 11 nitrogen and oxygen atoms in total. The van der Waals surface area contributed by atoms with Crippen LogP contribution in [0.4, 0.5) is 0 Å². The van der Waals surface area contributed by atoms with E-state index in [9.17, 15) is 23.1 Å². The van der Waals surface area contributed by atoms with Crippen molar-refractivity contribution < 1.29 is 23.1 Å². The largest absolute Gasteiger partial charge is 0.390 e. The summed E-state index contributed by atoms with van der Waals surface area (Å²) in [6, 6.07) is 0.300. The van der Waals surface area contributed by atoms with Gasteiger partial charge in [0, 0.05) is 65.8 Å². The number of carbonyl (C=O) groups is 2. The van der Waals surface area contributed by atoms with Gasteiger partial charge in [-0.3, -0.25) is 24.7 Å². The summed E-state index contributed by atoms with van der Waals surface area (Å²) in [7, 11) is -0.253. The van der Waals surface area contributed by atoms with Crippen molar-refractivity contribution in [2.75, 3.05) is 59.2 Å². The molecule has 3 saturated heterocycles. The molecule has 3 fully saturated rings. The topological polar surface area (TPSA) is 140 Å². The van der Waals surface area contributed by atoms with E-state index in [1.54, 1.807) is 4.90 Å². The second kappa shape index (κ2) is 11.2. The van der Waals surface area contributed by atoms with E-state index in [1.165, 1.54) is 25.3 Å². The lowest BCUT2D eigenvalue weighted by molar-refractivity contribution is -0.134. The number of primary amides is 1. The minimum Gasteiger partial charge on any atom is -0.390 e. The molecule has 2 amide bonds. The number of nitrogens with one attached hydrogen (secondary N) is 1. The Balaban J connectivity index is 1.47. The average Bonchev–Trinajstić information content (AvgIpc) is 3.28. The summed E-state index contributed by atoms with van der Waals surface area (Å²) >= 11 is 0. The average molecular weight is 502 g/mol. The molecule has 3 aliphatic rings. The van der Waals surface area contributed by atoms with Crippen LogP contribution in [-0.2, 0) is 19.6 Å². The SMILES string of the molecule is CC(=O)N(CCN1CC[C@@H](NCS(=O)(=O)N(C)C)C1)CC(O)CN1[C@@H]2C[CH]C[C@@]1(C(N)=O)CC2. The quantitative estimate of drug-likeness (QED) is 0.290. The van der Waals surface area contributed by atoms with E-state index in [-0.39, 0.29) is 36.3 Å². The van der Waals surface area contributed by atoms with E-state index in [0.29, 0.717) is 39.0 Å². The molecule has 0 saturated carbocycles. The molecule has 4 N–H and O–H groups in total. The number of sulfonamides is 1. The molecule has 0 aromatic carbocycles. The zero-order chi connectivity index (χ0) is 25.1. The van der Waals surface area contributed by atoms with Gasteiger partial charge in [0.05, 0.1) is 6.10 Å². The van der Waals surface area contributed by atoms with Gasteiger partial charge >= 0.3 is 0 Å². The lowest BCUT2D eigenvalue weighted by Gasteiger charge is -2.43. The van der Waals surface area contributed by atoms with Crippen molar-refractivity contribution in [3.05, 3.63) is 6.42 Å². The monoisotopic (exact) mass is 501 g/mol. The van der Waals surface area contributed by atoms with Gasteiger partial charge in [-0.1, -0.05) is 0 Å². The van der Waals surface area contributed by atoms with E-state index in [2.05, 4.69) is 21.5 Å². The van der Waals surface area contributed by atoms with Crippen LogP contribution in [0.5, 0.6) is 0 Å². The lowest BCUT2D eigenvalue weighted by Crippen LogP contribution is -2.60. The predicted molar refractivity (Wildman–Crippen MR) is 129 cm³/mol. The summed E-state index contributed by atoms with van der Waals surface area (Å²) in [4.78, 5) is 30.4. The summed E-state index contributed by atoms with van der Waals surface area (Å²) in [5.41, 5.74) is 5.04. The third kappa shape index (κ3) is 6.27. The zero-order valence-electron chi connectivity index (χ0n) is 20.6. The number of fused-ring (bicyclic) bond motifs is 2. The molecule has 1 radical (unpaired) electrons. The number of piperidine rings is 1. The Morgan fingerprint density at radius 3 is 2.71 bits per heavy atom. The van der Waals surface area contributed by atoms with Crippen LogP contribution >= 0.6 is 0 Å². The van der Waals surface area contributed by atoms with E-state index < -0.39 is 21.7 Å². The van der Waals surface area contributed by atoms with Crippen LogP contribution < -0.4 is 11.1 Å². The number of hydrogen-bond acceptors (Lipinski definition) is 8. The maximum absolute atomic E-state index is 12.2. The van der Waals surface area contributed by atoms with Crippen molar-refractivity contribution in [1.82, 2.24) is 24.3 Å². The fourth-order valence-corrected chi connectivity index (χ4v) is 6.16. The highest BCUT2D eigenvalue weighted by Crippen LogP contribution is 2.43. The standard InChI is InChI=1S/C22H41N6O5S/c1-17(29)27(12-11-26-10-7-18(13-26)24-16-34(32,33)25(2)3)14-20(30)15-28-19-5-4-8-22(28,9-6-19)21(23)31/h4,18-20,24,30H,5-16H2,1-3H3,(H2,23,31)/t18-,19-,20?,22+/m1/s1. The molecule has 3 rings (SSSR count). The smallest absolute Gasteiger partial charge is 0.237 e. The molecule has 34 heavy (non-hydrogen) atoms. The van der Waals surface area contributed by atoms with Crippen molar-refractivity contribution in [1.29, 1.82) is 0 Å². The molecule has 3 aliphatic heterocycles. The van der Waals surface area contributed by atoms with E-state index in [1.807, 2.05) is 0 Å². The van der Waals surface area contributed by atoms with Gasteiger partial charge in [-0.2, -0.15) is 0 Å².